The SMILES string of the molecule is CC1(C)CC1CN1CCCNCCC1. The Kier molecular flexibility index (Phi) is 3.13. The Hall–Kier alpha value is -0.0800. The second-order valence-corrected chi connectivity index (χ2v) is 5.65. The summed E-state index contributed by atoms with van der Waals surface area (Å²) in [6.45, 7) is 11.2. The lowest BCUT2D eigenvalue weighted by Gasteiger charge is -2.25. The smallest absolute Gasteiger partial charge is 0.00150 e. The van der Waals surface area contributed by atoms with Crippen LogP contribution < -0.4 is 5.32 Å². The molecule has 0 spiro atoms. The third-order valence-electron chi connectivity index (χ3n) is 3.85. The van der Waals surface area contributed by atoms with E-state index in [2.05, 4.69) is 24.1 Å². The second kappa shape index (κ2) is 4.19. The number of hydrogen-bond acceptors (Lipinski definition) is 2. The van der Waals surface area contributed by atoms with Crippen LogP contribution in [0.5, 0.6) is 0 Å². The Morgan fingerprint density at radius 3 is 2.29 bits per heavy atom. The molecule has 0 aromatic carbocycles. The first-order valence-corrected chi connectivity index (χ1v) is 6.11. The maximum Gasteiger partial charge on any atom is 0.00150 e. The lowest BCUT2D eigenvalue weighted by molar-refractivity contribution is 0.233. The highest BCUT2D eigenvalue weighted by atomic mass is 15.1. The summed E-state index contributed by atoms with van der Waals surface area (Å²) in [6.07, 6.45) is 4.10. The van der Waals surface area contributed by atoms with Gasteiger partial charge >= 0.3 is 0 Å². The second-order valence-electron chi connectivity index (χ2n) is 5.65. The molecule has 1 heterocycles. The normalized spacial score (nSPS) is 33.4. The quantitative estimate of drug-likeness (QED) is 0.723. The zero-order valence-electron chi connectivity index (χ0n) is 9.68. The number of nitrogens with one attached hydrogen (secondary N) is 1. The van der Waals surface area contributed by atoms with Gasteiger partial charge in [-0.1, -0.05) is 13.8 Å². The zero-order chi connectivity index (χ0) is 10.0. The Bertz CT molecular complexity index is 181. The molecule has 1 saturated carbocycles. The molecule has 0 aromatic heterocycles. The largest absolute Gasteiger partial charge is 0.317 e. The summed E-state index contributed by atoms with van der Waals surface area (Å²) in [6, 6.07) is 0. The van der Waals surface area contributed by atoms with Crippen molar-refractivity contribution in [1.29, 1.82) is 0 Å². The monoisotopic (exact) mass is 196 g/mol. The van der Waals surface area contributed by atoms with E-state index in [0.29, 0.717) is 5.41 Å². The molecule has 1 saturated heterocycles. The molecular formula is C12H24N2. The van der Waals surface area contributed by atoms with Gasteiger partial charge in [0.2, 0.25) is 0 Å². The van der Waals surface area contributed by atoms with Gasteiger partial charge in [0.1, 0.15) is 0 Å². The van der Waals surface area contributed by atoms with Gasteiger partial charge in [-0.15, -0.1) is 0 Å². The van der Waals surface area contributed by atoms with Crippen molar-refractivity contribution in [1.82, 2.24) is 10.2 Å². The molecule has 1 atom stereocenters. The molecule has 82 valence electrons. The van der Waals surface area contributed by atoms with Crippen LogP contribution in [0.2, 0.25) is 0 Å². The Balaban J connectivity index is 1.73. The summed E-state index contributed by atoms with van der Waals surface area (Å²) < 4.78 is 0. The average Bonchev–Trinajstić information content (AvgIpc) is 2.64. The molecule has 2 aliphatic rings. The van der Waals surface area contributed by atoms with Gasteiger partial charge in [-0.05, 0) is 56.8 Å². The molecule has 0 bridgehead atoms. The predicted molar refractivity (Wildman–Crippen MR) is 60.4 cm³/mol. The van der Waals surface area contributed by atoms with E-state index in [1.54, 1.807) is 0 Å². The Morgan fingerprint density at radius 2 is 1.79 bits per heavy atom. The van der Waals surface area contributed by atoms with Crippen molar-refractivity contribution in [3.05, 3.63) is 0 Å². The topological polar surface area (TPSA) is 15.3 Å². The standard InChI is InChI=1S/C12H24N2/c1-12(2)9-11(12)10-14-7-3-5-13-6-4-8-14/h11,13H,3-10H2,1-2H3. The molecule has 1 N–H and O–H groups in total. The van der Waals surface area contributed by atoms with Crippen LogP contribution in [0.25, 0.3) is 0 Å². The Labute approximate surface area is 88.1 Å². The maximum absolute atomic E-state index is 3.47. The third kappa shape index (κ3) is 2.71. The van der Waals surface area contributed by atoms with E-state index in [1.807, 2.05) is 0 Å². The van der Waals surface area contributed by atoms with E-state index >= 15 is 0 Å². The van der Waals surface area contributed by atoms with Gasteiger partial charge < -0.3 is 10.2 Å². The molecule has 1 unspecified atom stereocenters. The van der Waals surface area contributed by atoms with Crippen LogP contribution in [0.4, 0.5) is 0 Å². The highest BCUT2D eigenvalue weighted by Crippen LogP contribution is 2.51. The minimum atomic E-state index is 0.653. The molecule has 2 heteroatoms. The fraction of sp³-hybridized carbons (Fsp3) is 1.00. The van der Waals surface area contributed by atoms with E-state index in [0.717, 1.165) is 5.92 Å². The van der Waals surface area contributed by atoms with Crippen LogP contribution in [0.15, 0.2) is 0 Å². The molecular weight excluding hydrogens is 172 g/mol. The van der Waals surface area contributed by atoms with E-state index in [9.17, 15) is 0 Å². The fourth-order valence-electron chi connectivity index (χ4n) is 2.47. The van der Waals surface area contributed by atoms with Crippen molar-refractivity contribution in [3.8, 4) is 0 Å². The minimum absolute atomic E-state index is 0.653. The zero-order valence-corrected chi connectivity index (χ0v) is 9.68. The lowest BCUT2D eigenvalue weighted by Crippen LogP contribution is -2.35. The molecule has 14 heavy (non-hydrogen) atoms. The van der Waals surface area contributed by atoms with Gasteiger partial charge in [0.25, 0.3) is 0 Å². The van der Waals surface area contributed by atoms with Crippen LogP contribution in [-0.4, -0.2) is 37.6 Å². The highest BCUT2D eigenvalue weighted by molar-refractivity contribution is 4.96. The molecule has 0 radical (unpaired) electrons. The summed E-state index contributed by atoms with van der Waals surface area (Å²) in [5.74, 6) is 0.981. The van der Waals surface area contributed by atoms with Crippen molar-refractivity contribution in [2.24, 2.45) is 11.3 Å². The van der Waals surface area contributed by atoms with Crippen molar-refractivity contribution in [2.45, 2.75) is 33.1 Å². The first kappa shape index (κ1) is 10.4. The summed E-state index contributed by atoms with van der Waals surface area (Å²) in [7, 11) is 0. The molecule has 2 nitrogen and oxygen atoms in total. The molecule has 0 amide bonds. The molecule has 2 fully saturated rings. The van der Waals surface area contributed by atoms with Crippen LogP contribution >= 0.6 is 0 Å². The van der Waals surface area contributed by atoms with Crippen LogP contribution in [0, 0.1) is 11.3 Å². The Morgan fingerprint density at radius 1 is 1.21 bits per heavy atom. The first-order valence-electron chi connectivity index (χ1n) is 6.11. The van der Waals surface area contributed by atoms with Crippen molar-refractivity contribution >= 4 is 0 Å². The van der Waals surface area contributed by atoms with Gasteiger partial charge in [-0.3, -0.25) is 0 Å². The predicted octanol–water partition coefficient (Wildman–Crippen LogP) is 1.72. The lowest BCUT2D eigenvalue weighted by atomic mass is 10.1. The van der Waals surface area contributed by atoms with Gasteiger partial charge in [0, 0.05) is 6.54 Å². The van der Waals surface area contributed by atoms with E-state index in [4.69, 9.17) is 0 Å². The minimum Gasteiger partial charge on any atom is -0.317 e. The molecule has 1 aliphatic heterocycles. The summed E-state index contributed by atoms with van der Waals surface area (Å²) in [5, 5.41) is 3.47. The van der Waals surface area contributed by atoms with Crippen LogP contribution in [0.1, 0.15) is 33.1 Å². The van der Waals surface area contributed by atoms with Gasteiger partial charge in [-0.25, -0.2) is 0 Å². The fourth-order valence-corrected chi connectivity index (χ4v) is 2.47. The summed E-state index contributed by atoms with van der Waals surface area (Å²) >= 11 is 0. The molecule has 2 rings (SSSR count). The van der Waals surface area contributed by atoms with E-state index in [1.165, 1.54) is 52.0 Å². The summed E-state index contributed by atoms with van der Waals surface area (Å²) in [4.78, 5) is 2.68. The maximum atomic E-state index is 3.47. The molecule has 0 aromatic rings. The number of nitrogens with zero attached hydrogens (tertiary/aromatic N) is 1. The van der Waals surface area contributed by atoms with E-state index in [-0.39, 0.29) is 0 Å². The van der Waals surface area contributed by atoms with Gasteiger partial charge in [-0.2, -0.15) is 0 Å². The number of rotatable bonds is 2. The van der Waals surface area contributed by atoms with Crippen LogP contribution in [-0.2, 0) is 0 Å². The number of hydrogen-bond donors (Lipinski definition) is 1. The third-order valence-corrected chi connectivity index (χ3v) is 3.85. The highest BCUT2D eigenvalue weighted by Gasteiger charge is 2.45. The van der Waals surface area contributed by atoms with Gasteiger partial charge in [0.05, 0.1) is 0 Å². The van der Waals surface area contributed by atoms with Crippen LogP contribution in [0.3, 0.4) is 0 Å². The first-order chi connectivity index (χ1) is 6.68. The van der Waals surface area contributed by atoms with Crippen molar-refractivity contribution in [2.75, 3.05) is 32.7 Å². The van der Waals surface area contributed by atoms with E-state index < -0.39 is 0 Å². The van der Waals surface area contributed by atoms with Crippen molar-refractivity contribution in [3.63, 3.8) is 0 Å². The van der Waals surface area contributed by atoms with Gasteiger partial charge in [0.15, 0.2) is 0 Å². The average molecular weight is 196 g/mol. The summed E-state index contributed by atoms with van der Waals surface area (Å²) in [5.41, 5.74) is 0.653. The van der Waals surface area contributed by atoms with Crippen molar-refractivity contribution < 1.29 is 0 Å². The molecule has 1 aliphatic carbocycles.